The van der Waals surface area contributed by atoms with Crippen LogP contribution in [0.1, 0.15) is 0 Å². The number of fused-ring (bicyclic) bond motifs is 9. The fourth-order valence-electron chi connectivity index (χ4n) is 9.60. The van der Waals surface area contributed by atoms with Gasteiger partial charge in [-0.3, -0.25) is 0 Å². The molecule has 0 N–H and O–H groups in total. The van der Waals surface area contributed by atoms with Gasteiger partial charge in [-0.15, -0.1) is 0 Å². The van der Waals surface area contributed by atoms with Gasteiger partial charge in [-0.05, 0) is 126 Å². The summed E-state index contributed by atoms with van der Waals surface area (Å²) in [6.45, 7) is 0. The van der Waals surface area contributed by atoms with E-state index in [0.717, 1.165) is 22.7 Å². The van der Waals surface area contributed by atoms with Crippen LogP contribution in [0.15, 0.2) is 243 Å². The highest BCUT2D eigenvalue weighted by Gasteiger charge is 2.17. The largest absolute Gasteiger partial charge is 0.310 e. The topological polar surface area (TPSA) is 8.17 Å². The van der Waals surface area contributed by atoms with Crippen LogP contribution in [0.3, 0.4) is 0 Å². The summed E-state index contributed by atoms with van der Waals surface area (Å²) in [4.78, 5) is 2.38. The maximum absolute atomic E-state index is 2.39. The van der Waals surface area contributed by atoms with Gasteiger partial charge in [0.15, 0.2) is 0 Å². The summed E-state index contributed by atoms with van der Waals surface area (Å²) in [7, 11) is 0. The van der Waals surface area contributed by atoms with Crippen molar-refractivity contribution < 1.29 is 0 Å². The smallest absolute Gasteiger partial charge is 0.0541 e. The lowest BCUT2D eigenvalue weighted by Crippen LogP contribution is -2.10. The number of benzene rings is 11. The summed E-state index contributed by atoms with van der Waals surface area (Å²) in [6, 6.07) is 88.4. The summed E-state index contributed by atoms with van der Waals surface area (Å²) in [5.41, 5.74) is 14.0. The molecule has 0 aliphatic rings. The standard InChI is InChI=1S/C60H40N2/c1-2-13-41(14-3-1)42-25-27-43(28-26-42)44-29-34-47(35-30-44)61(49-15-12-16-50(40-49)62-59-23-10-8-21-56(59)57-22-9-11-24-60(57)62)48-36-31-45(32-37-48)46-33-38-55-53-19-5-4-17-51(53)52-18-6-7-20-54(52)58(55)39-46/h1-40H. The lowest BCUT2D eigenvalue weighted by Gasteiger charge is -2.26. The Hall–Kier alpha value is -8.20. The van der Waals surface area contributed by atoms with Gasteiger partial charge in [-0.1, -0.05) is 182 Å². The monoisotopic (exact) mass is 788 g/mol. The average molecular weight is 789 g/mol. The minimum Gasteiger partial charge on any atom is -0.310 e. The van der Waals surface area contributed by atoms with E-state index in [9.17, 15) is 0 Å². The van der Waals surface area contributed by atoms with Crippen molar-refractivity contribution in [3.63, 3.8) is 0 Å². The van der Waals surface area contributed by atoms with Gasteiger partial charge in [0.1, 0.15) is 0 Å². The summed E-state index contributed by atoms with van der Waals surface area (Å²) >= 11 is 0. The number of anilines is 3. The van der Waals surface area contributed by atoms with Crippen molar-refractivity contribution in [1.82, 2.24) is 4.57 Å². The van der Waals surface area contributed by atoms with Crippen LogP contribution < -0.4 is 4.90 Å². The highest BCUT2D eigenvalue weighted by molar-refractivity contribution is 6.25. The molecule has 0 bridgehead atoms. The first-order valence-electron chi connectivity index (χ1n) is 21.3. The highest BCUT2D eigenvalue weighted by atomic mass is 15.1. The van der Waals surface area contributed by atoms with Crippen LogP contribution in [0.5, 0.6) is 0 Å². The van der Waals surface area contributed by atoms with Crippen LogP contribution in [-0.4, -0.2) is 4.57 Å². The van der Waals surface area contributed by atoms with Crippen molar-refractivity contribution in [1.29, 1.82) is 0 Å². The zero-order valence-electron chi connectivity index (χ0n) is 34.0. The quantitative estimate of drug-likeness (QED) is 0.146. The molecule has 0 saturated carbocycles. The van der Waals surface area contributed by atoms with Crippen LogP contribution >= 0.6 is 0 Å². The molecule has 11 aromatic carbocycles. The van der Waals surface area contributed by atoms with Gasteiger partial charge in [0.05, 0.1) is 11.0 Å². The normalized spacial score (nSPS) is 11.5. The molecular formula is C60H40N2. The van der Waals surface area contributed by atoms with E-state index in [0.29, 0.717) is 0 Å². The van der Waals surface area contributed by atoms with Crippen molar-refractivity contribution in [2.45, 2.75) is 0 Å². The number of nitrogens with zero attached hydrogens (tertiary/aromatic N) is 2. The summed E-state index contributed by atoms with van der Waals surface area (Å²) in [5.74, 6) is 0. The molecule has 0 radical (unpaired) electrons. The van der Waals surface area contributed by atoms with E-state index in [2.05, 4.69) is 252 Å². The summed E-state index contributed by atoms with van der Waals surface area (Å²) < 4.78 is 2.39. The highest BCUT2D eigenvalue weighted by Crippen LogP contribution is 2.41. The van der Waals surface area contributed by atoms with E-state index in [1.54, 1.807) is 0 Å². The van der Waals surface area contributed by atoms with Crippen molar-refractivity contribution in [3.05, 3.63) is 243 Å². The van der Waals surface area contributed by atoms with Gasteiger partial charge in [-0.2, -0.15) is 0 Å². The third-order valence-corrected chi connectivity index (χ3v) is 12.6. The fourth-order valence-corrected chi connectivity index (χ4v) is 9.60. The molecule has 290 valence electrons. The molecule has 12 aromatic rings. The van der Waals surface area contributed by atoms with Crippen LogP contribution in [0.2, 0.25) is 0 Å². The maximum Gasteiger partial charge on any atom is 0.0541 e. The molecule has 0 atom stereocenters. The number of hydrogen-bond donors (Lipinski definition) is 0. The molecule has 12 rings (SSSR count). The first-order chi connectivity index (χ1) is 30.7. The second kappa shape index (κ2) is 14.8. The predicted octanol–water partition coefficient (Wildman–Crippen LogP) is 16.7. The Morgan fingerprint density at radius 3 is 1.15 bits per heavy atom. The molecule has 0 spiro atoms. The minimum absolute atomic E-state index is 1.08. The van der Waals surface area contributed by atoms with E-state index in [1.165, 1.54) is 87.5 Å². The van der Waals surface area contributed by atoms with Crippen molar-refractivity contribution >= 4 is 71.2 Å². The van der Waals surface area contributed by atoms with Crippen LogP contribution in [-0.2, 0) is 0 Å². The molecule has 2 heteroatoms. The maximum atomic E-state index is 2.39. The minimum atomic E-state index is 1.08. The van der Waals surface area contributed by atoms with Gasteiger partial charge >= 0.3 is 0 Å². The van der Waals surface area contributed by atoms with E-state index < -0.39 is 0 Å². The molecule has 1 heterocycles. The SMILES string of the molecule is c1ccc(-c2ccc(-c3ccc(N(c4ccc(-c5ccc6c7ccccc7c7ccccc7c6c5)cc4)c4cccc(-n5c6ccccc6c6ccccc65)c4)cc3)cc2)cc1. The van der Waals surface area contributed by atoms with Crippen LogP contribution in [0.25, 0.3) is 93.2 Å². The third-order valence-electron chi connectivity index (χ3n) is 12.6. The lowest BCUT2D eigenvalue weighted by atomic mass is 9.92. The zero-order chi connectivity index (χ0) is 41.0. The second-order valence-corrected chi connectivity index (χ2v) is 16.1. The molecule has 0 unspecified atom stereocenters. The van der Waals surface area contributed by atoms with Gasteiger partial charge in [-0.25, -0.2) is 0 Å². The van der Waals surface area contributed by atoms with Crippen LogP contribution in [0, 0.1) is 0 Å². The Bertz CT molecular complexity index is 3510. The van der Waals surface area contributed by atoms with Gasteiger partial charge in [0.2, 0.25) is 0 Å². The van der Waals surface area contributed by atoms with E-state index in [1.807, 2.05) is 0 Å². The molecule has 0 aliphatic heterocycles. The molecule has 62 heavy (non-hydrogen) atoms. The Morgan fingerprint density at radius 1 is 0.226 bits per heavy atom. The van der Waals surface area contributed by atoms with Crippen LogP contribution in [0.4, 0.5) is 17.1 Å². The van der Waals surface area contributed by atoms with E-state index in [4.69, 9.17) is 0 Å². The molecule has 1 aromatic heterocycles. The summed E-state index contributed by atoms with van der Waals surface area (Å²) in [5, 5.41) is 10.2. The number of para-hydroxylation sites is 2. The third kappa shape index (κ3) is 6.04. The summed E-state index contributed by atoms with van der Waals surface area (Å²) in [6.07, 6.45) is 0. The molecule has 0 aliphatic carbocycles. The molecule has 0 amide bonds. The molecular weight excluding hydrogens is 749 g/mol. The predicted molar refractivity (Wildman–Crippen MR) is 264 cm³/mol. The fraction of sp³-hybridized carbons (Fsp3) is 0. The zero-order valence-corrected chi connectivity index (χ0v) is 34.0. The molecule has 0 saturated heterocycles. The number of hydrogen-bond acceptors (Lipinski definition) is 1. The second-order valence-electron chi connectivity index (χ2n) is 16.1. The van der Waals surface area contributed by atoms with Crippen molar-refractivity contribution in [2.75, 3.05) is 4.90 Å². The first kappa shape index (κ1) is 35.7. The van der Waals surface area contributed by atoms with Gasteiger partial charge in [0.25, 0.3) is 0 Å². The number of rotatable bonds is 7. The number of aromatic nitrogens is 1. The van der Waals surface area contributed by atoms with Crippen molar-refractivity contribution in [3.8, 4) is 39.1 Å². The Labute approximate surface area is 360 Å². The Kier molecular flexibility index (Phi) is 8.53. The lowest BCUT2D eigenvalue weighted by molar-refractivity contribution is 1.17. The van der Waals surface area contributed by atoms with Crippen molar-refractivity contribution in [2.24, 2.45) is 0 Å². The molecule has 2 nitrogen and oxygen atoms in total. The van der Waals surface area contributed by atoms with Gasteiger partial charge in [0, 0.05) is 33.5 Å². The molecule has 0 fully saturated rings. The first-order valence-corrected chi connectivity index (χ1v) is 21.3. The Balaban J connectivity index is 0.961. The van der Waals surface area contributed by atoms with Gasteiger partial charge < -0.3 is 9.47 Å². The van der Waals surface area contributed by atoms with E-state index in [-0.39, 0.29) is 0 Å². The average Bonchev–Trinajstić information content (AvgIpc) is 3.69. The Morgan fingerprint density at radius 2 is 0.613 bits per heavy atom. The van der Waals surface area contributed by atoms with E-state index >= 15 is 0 Å².